The lowest BCUT2D eigenvalue weighted by Crippen LogP contribution is -2.39. The van der Waals surface area contributed by atoms with Crippen molar-refractivity contribution in [2.24, 2.45) is 11.8 Å². The fraction of sp³-hybridized carbons (Fsp3) is 0.500. The molecule has 3 aliphatic rings. The van der Waals surface area contributed by atoms with Gasteiger partial charge in [0.25, 0.3) is 0 Å². The van der Waals surface area contributed by atoms with Gasteiger partial charge in [-0.25, -0.2) is 4.79 Å². The molecule has 2 aliphatic carbocycles. The molecule has 2 aromatic carbocycles. The molecular formula is C34H42BrNO8. The van der Waals surface area contributed by atoms with Gasteiger partial charge < -0.3 is 28.6 Å². The standard InChI is InChI=1S/C22H29NO5.C12H13BrO3/c1-22(2,3)28-21(25)23-10-8-14(9-11-23)16-7-6-15(12-19(16)26-4)17-13-18(17)20(24)27-5;1-15-11-5-7(3-4-10(11)13)8-6-9(8)12(14)16-2/h6-8,12,17-18H,9-11,13H2,1-5H3;3-5,8-9H,6H2,1-2H3. The van der Waals surface area contributed by atoms with Gasteiger partial charge in [-0.05, 0) is 103 Å². The van der Waals surface area contributed by atoms with Crippen LogP contribution in [-0.2, 0) is 23.8 Å². The number of carbonyl (C=O) groups excluding carboxylic acids is 3. The highest BCUT2D eigenvalue weighted by Gasteiger charge is 2.46. The Kier molecular flexibility index (Phi) is 10.7. The summed E-state index contributed by atoms with van der Waals surface area (Å²) >= 11 is 3.40. The van der Waals surface area contributed by atoms with Crippen molar-refractivity contribution >= 4 is 39.5 Å². The van der Waals surface area contributed by atoms with Gasteiger partial charge in [-0.1, -0.05) is 24.3 Å². The second kappa shape index (κ2) is 14.1. The van der Waals surface area contributed by atoms with Crippen molar-refractivity contribution < 1.29 is 38.1 Å². The molecular weight excluding hydrogens is 630 g/mol. The molecule has 2 fully saturated rings. The van der Waals surface area contributed by atoms with Gasteiger partial charge in [-0.2, -0.15) is 0 Å². The average molecular weight is 673 g/mol. The lowest BCUT2D eigenvalue weighted by atomic mass is 9.96. The summed E-state index contributed by atoms with van der Waals surface area (Å²) in [6, 6.07) is 12.1. The first-order chi connectivity index (χ1) is 20.9. The van der Waals surface area contributed by atoms with Crippen LogP contribution in [0, 0.1) is 11.8 Å². The van der Waals surface area contributed by atoms with E-state index in [-0.39, 0.29) is 41.7 Å². The lowest BCUT2D eigenvalue weighted by Gasteiger charge is -2.30. The Hall–Kier alpha value is -3.53. The molecule has 4 atom stereocenters. The van der Waals surface area contributed by atoms with Gasteiger partial charge in [0.1, 0.15) is 17.1 Å². The molecule has 0 radical (unpaired) electrons. The highest BCUT2D eigenvalue weighted by atomic mass is 79.9. The second-order valence-corrected chi connectivity index (χ2v) is 13.1. The van der Waals surface area contributed by atoms with Gasteiger partial charge >= 0.3 is 18.0 Å². The Bertz CT molecular complexity index is 1410. The maximum Gasteiger partial charge on any atom is 0.410 e. The SMILES string of the molecule is COC(=O)C1CC1c1ccc(Br)c(OC)c1.COC(=O)C1CC1c1ccc(C2=CCN(C(=O)OC(C)(C)C)CC2)c(OC)c1. The van der Waals surface area contributed by atoms with E-state index in [1.54, 1.807) is 19.1 Å². The number of carbonyl (C=O) groups is 3. The molecule has 4 unspecified atom stereocenters. The third kappa shape index (κ3) is 8.14. The summed E-state index contributed by atoms with van der Waals surface area (Å²) in [6.07, 6.45) is 4.20. The molecule has 10 heteroatoms. The maximum absolute atomic E-state index is 12.2. The third-order valence-corrected chi connectivity index (χ3v) is 8.71. The van der Waals surface area contributed by atoms with E-state index in [2.05, 4.69) is 34.1 Å². The monoisotopic (exact) mass is 671 g/mol. The number of esters is 2. The zero-order valence-corrected chi connectivity index (χ0v) is 28.1. The van der Waals surface area contributed by atoms with Gasteiger partial charge in [0.05, 0.1) is 44.7 Å². The zero-order chi connectivity index (χ0) is 32.2. The van der Waals surface area contributed by atoms with Gasteiger partial charge in [-0.15, -0.1) is 0 Å². The van der Waals surface area contributed by atoms with Gasteiger partial charge in [0.2, 0.25) is 0 Å². The van der Waals surface area contributed by atoms with Crippen LogP contribution < -0.4 is 9.47 Å². The number of ether oxygens (including phenoxy) is 5. The maximum atomic E-state index is 12.2. The number of hydrogen-bond donors (Lipinski definition) is 0. The van der Waals surface area contributed by atoms with Crippen molar-refractivity contribution in [1.82, 2.24) is 4.90 Å². The molecule has 44 heavy (non-hydrogen) atoms. The van der Waals surface area contributed by atoms with Gasteiger partial charge in [0.15, 0.2) is 0 Å². The topological polar surface area (TPSA) is 101 Å². The van der Waals surface area contributed by atoms with E-state index >= 15 is 0 Å². The van der Waals surface area contributed by atoms with Crippen molar-refractivity contribution in [1.29, 1.82) is 0 Å². The molecule has 0 aromatic heterocycles. The fourth-order valence-electron chi connectivity index (χ4n) is 5.47. The summed E-state index contributed by atoms with van der Waals surface area (Å²) in [5, 5.41) is 0. The molecule has 238 valence electrons. The first-order valence-corrected chi connectivity index (χ1v) is 15.5. The summed E-state index contributed by atoms with van der Waals surface area (Å²) < 4.78 is 26.8. The van der Waals surface area contributed by atoms with Crippen molar-refractivity contribution in [2.45, 2.75) is 57.5 Å². The Balaban J connectivity index is 0.000000233. The number of amides is 1. The van der Waals surface area contributed by atoms with Crippen LogP contribution in [0.4, 0.5) is 4.79 Å². The Morgan fingerprint density at radius 1 is 0.818 bits per heavy atom. The molecule has 0 bridgehead atoms. The quantitative estimate of drug-likeness (QED) is 0.236. The number of benzene rings is 2. The molecule has 1 aliphatic heterocycles. The fourth-order valence-corrected chi connectivity index (χ4v) is 5.88. The van der Waals surface area contributed by atoms with Crippen LogP contribution in [-0.4, -0.2) is 70.1 Å². The van der Waals surface area contributed by atoms with E-state index in [1.165, 1.54) is 14.2 Å². The Labute approximate surface area is 267 Å². The minimum absolute atomic E-state index is 0.0240. The minimum atomic E-state index is -0.495. The van der Waals surface area contributed by atoms with E-state index in [0.29, 0.717) is 13.1 Å². The Morgan fingerprint density at radius 2 is 1.36 bits per heavy atom. The molecule has 5 rings (SSSR count). The van der Waals surface area contributed by atoms with Crippen LogP contribution >= 0.6 is 15.9 Å². The summed E-state index contributed by atoms with van der Waals surface area (Å²) in [7, 11) is 6.15. The van der Waals surface area contributed by atoms with Crippen molar-refractivity contribution in [2.75, 3.05) is 41.5 Å². The third-order valence-electron chi connectivity index (χ3n) is 8.05. The molecule has 2 saturated carbocycles. The van der Waals surface area contributed by atoms with Crippen LogP contribution in [0.25, 0.3) is 5.57 Å². The summed E-state index contributed by atoms with van der Waals surface area (Å²) in [5.74, 6) is 1.80. The number of methoxy groups -OCH3 is 4. The van der Waals surface area contributed by atoms with E-state index in [4.69, 9.17) is 23.7 Å². The van der Waals surface area contributed by atoms with Crippen LogP contribution in [0.5, 0.6) is 11.5 Å². The Morgan fingerprint density at radius 3 is 1.84 bits per heavy atom. The number of nitrogens with zero attached hydrogens (tertiary/aromatic N) is 1. The number of hydrogen-bond acceptors (Lipinski definition) is 8. The van der Waals surface area contributed by atoms with Crippen LogP contribution in [0.15, 0.2) is 46.9 Å². The van der Waals surface area contributed by atoms with Crippen molar-refractivity contribution in [3.63, 3.8) is 0 Å². The second-order valence-electron chi connectivity index (χ2n) is 12.2. The number of rotatable bonds is 7. The smallest absolute Gasteiger partial charge is 0.410 e. The van der Waals surface area contributed by atoms with E-state index in [1.807, 2.05) is 45.0 Å². The first kappa shape index (κ1) is 33.4. The first-order valence-electron chi connectivity index (χ1n) is 14.7. The largest absolute Gasteiger partial charge is 0.496 e. The predicted molar refractivity (Wildman–Crippen MR) is 170 cm³/mol. The van der Waals surface area contributed by atoms with Crippen molar-refractivity contribution in [3.05, 3.63) is 63.6 Å². The van der Waals surface area contributed by atoms with E-state index in [0.717, 1.165) is 57.5 Å². The molecule has 0 saturated heterocycles. The van der Waals surface area contributed by atoms with Crippen LogP contribution in [0.1, 0.15) is 68.6 Å². The molecule has 9 nitrogen and oxygen atoms in total. The molecule has 1 heterocycles. The molecule has 0 N–H and O–H groups in total. The average Bonchev–Trinajstić information content (AvgIpc) is 3.95. The minimum Gasteiger partial charge on any atom is -0.496 e. The van der Waals surface area contributed by atoms with Gasteiger partial charge in [0, 0.05) is 18.7 Å². The van der Waals surface area contributed by atoms with E-state index in [9.17, 15) is 14.4 Å². The molecule has 1 amide bonds. The van der Waals surface area contributed by atoms with E-state index < -0.39 is 5.60 Å². The summed E-state index contributed by atoms with van der Waals surface area (Å²) in [4.78, 5) is 36.9. The lowest BCUT2D eigenvalue weighted by molar-refractivity contribution is -0.143. The normalized spacial score (nSPS) is 22.0. The van der Waals surface area contributed by atoms with Gasteiger partial charge in [-0.3, -0.25) is 9.59 Å². The molecule has 0 spiro atoms. The zero-order valence-electron chi connectivity index (χ0n) is 26.5. The highest BCUT2D eigenvalue weighted by molar-refractivity contribution is 9.10. The van der Waals surface area contributed by atoms with Crippen LogP contribution in [0.3, 0.4) is 0 Å². The number of halogens is 1. The highest BCUT2D eigenvalue weighted by Crippen LogP contribution is 2.50. The summed E-state index contributed by atoms with van der Waals surface area (Å²) in [6.45, 7) is 6.73. The molecule has 2 aromatic rings. The van der Waals surface area contributed by atoms with Crippen molar-refractivity contribution in [3.8, 4) is 11.5 Å². The summed E-state index contributed by atoms with van der Waals surface area (Å²) in [5.41, 5.74) is 3.93. The predicted octanol–water partition coefficient (Wildman–Crippen LogP) is 6.73. The van der Waals surface area contributed by atoms with Crippen LogP contribution in [0.2, 0.25) is 0 Å².